The fourth-order valence-electron chi connectivity index (χ4n) is 2.48. The van der Waals surface area contributed by atoms with Crippen LogP contribution in [0.2, 0.25) is 0 Å². The number of Topliss-reactive ketones (excluding diaryl/α,β-unsaturated/α-hetero) is 1. The van der Waals surface area contributed by atoms with Crippen LogP contribution in [0, 0.1) is 5.92 Å². The Morgan fingerprint density at radius 1 is 1.40 bits per heavy atom. The first-order valence-electron chi connectivity index (χ1n) is 5.69. The molecule has 0 spiro atoms. The van der Waals surface area contributed by atoms with Crippen molar-refractivity contribution in [2.45, 2.75) is 39.5 Å². The van der Waals surface area contributed by atoms with Gasteiger partial charge in [-0.2, -0.15) is 0 Å². The Balaban J connectivity index is 2.31. The third kappa shape index (κ3) is 1.97. The highest BCUT2D eigenvalue weighted by atomic mass is 16.1. The van der Waals surface area contributed by atoms with Gasteiger partial charge in [-0.3, -0.25) is 4.79 Å². The lowest BCUT2D eigenvalue weighted by molar-refractivity contribution is -0.116. The summed E-state index contributed by atoms with van der Waals surface area (Å²) in [5, 5.41) is 0. The maximum Gasteiger partial charge on any atom is 0.134 e. The van der Waals surface area contributed by atoms with Crippen molar-refractivity contribution in [1.29, 1.82) is 0 Å². The Kier molecular flexibility index (Phi) is 2.64. The van der Waals surface area contributed by atoms with Gasteiger partial charge in [-0.05, 0) is 41.9 Å². The monoisotopic (exact) mass is 202 g/mol. The molecule has 0 aliphatic heterocycles. The van der Waals surface area contributed by atoms with E-state index in [0.717, 1.165) is 5.92 Å². The number of benzene rings is 1. The number of rotatable bonds is 2. The van der Waals surface area contributed by atoms with E-state index in [2.05, 4.69) is 32.0 Å². The average molecular weight is 202 g/mol. The summed E-state index contributed by atoms with van der Waals surface area (Å²) in [4.78, 5) is 11.1. The largest absolute Gasteiger partial charge is 0.300 e. The van der Waals surface area contributed by atoms with Crippen molar-refractivity contribution in [3.63, 3.8) is 0 Å². The van der Waals surface area contributed by atoms with E-state index in [0.29, 0.717) is 12.3 Å². The smallest absolute Gasteiger partial charge is 0.134 e. The quantitative estimate of drug-likeness (QED) is 0.720. The van der Waals surface area contributed by atoms with Crippen molar-refractivity contribution >= 4 is 5.78 Å². The van der Waals surface area contributed by atoms with Gasteiger partial charge < -0.3 is 0 Å². The predicted octanol–water partition coefficient (Wildman–Crippen LogP) is 3.11. The first-order valence-corrected chi connectivity index (χ1v) is 5.69. The lowest BCUT2D eigenvalue weighted by atomic mass is 9.95. The van der Waals surface area contributed by atoms with E-state index < -0.39 is 0 Å². The van der Waals surface area contributed by atoms with Gasteiger partial charge in [-0.15, -0.1) is 0 Å². The minimum absolute atomic E-state index is 0.244. The number of carbonyl (C=O) groups is 1. The van der Waals surface area contributed by atoms with Gasteiger partial charge in [-0.1, -0.05) is 32.0 Å². The number of hydrogen-bond donors (Lipinski definition) is 0. The minimum Gasteiger partial charge on any atom is -0.300 e. The molecule has 80 valence electrons. The van der Waals surface area contributed by atoms with E-state index in [4.69, 9.17) is 0 Å². The summed E-state index contributed by atoms with van der Waals surface area (Å²) in [6, 6.07) is 6.53. The lowest BCUT2D eigenvalue weighted by Crippen LogP contribution is -1.99. The molecule has 0 amide bonds. The van der Waals surface area contributed by atoms with E-state index in [1.807, 2.05) is 0 Å². The van der Waals surface area contributed by atoms with Gasteiger partial charge in [0, 0.05) is 6.42 Å². The second kappa shape index (κ2) is 3.80. The van der Waals surface area contributed by atoms with Crippen LogP contribution in [0.5, 0.6) is 0 Å². The lowest BCUT2D eigenvalue weighted by Gasteiger charge is -2.10. The minimum atomic E-state index is 0.244. The molecule has 0 aromatic heterocycles. The Labute approximate surface area is 91.5 Å². The van der Waals surface area contributed by atoms with Gasteiger partial charge in [0.15, 0.2) is 0 Å². The van der Waals surface area contributed by atoms with E-state index in [1.54, 1.807) is 6.92 Å². The normalized spacial score (nSPS) is 23.9. The standard InChI is InChI=1S/C14H18O/c1-9-6-13-5-4-12(7-10(2)15)8-14(13)11(9)3/h4-5,8-9,11H,6-7H2,1-3H3. The molecule has 0 radical (unpaired) electrons. The zero-order valence-corrected chi connectivity index (χ0v) is 9.71. The Morgan fingerprint density at radius 2 is 2.13 bits per heavy atom. The maximum absolute atomic E-state index is 11.1. The molecule has 0 saturated carbocycles. The van der Waals surface area contributed by atoms with Gasteiger partial charge in [0.25, 0.3) is 0 Å². The van der Waals surface area contributed by atoms with Gasteiger partial charge in [0.1, 0.15) is 5.78 Å². The maximum atomic E-state index is 11.1. The van der Waals surface area contributed by atoms with Gasteiger partial charge in [0.2, 0.25) is 0 Å². The highest BCUT2D eigenvalue weighted by Crippen LogP contribution is 2.37. The summed E-state index contributed by atoms with van der Waals surface area (Å²) in [6.07, 6.45) is 1.77. The van der Waals surface area contributed by atoms with Crippen LogP contribution >= 0.6 is 0 Å². The van der Waals surface area contributed by atoms with Crippen molar-refractivity contribution in [3.8, 4) is 0 Å². The summed E-state index contributed by atoms with van der Waals surface area (Å²) in [6.45, 7) is 6.24. The molecule has 0 bridgehead atoms. The highest BCUT2D eigenvalue weighted by Gasteiger charge is 2.25. The Morgan fingerprint density at radius 3 is 2.80 bits per heavy atom. The van der Waals surface area contributed by atoms with Crippen LogP contribution in [0.25, 0.3) is 0 Å². The van der Waals surface area contributed by atoms with Crippen LogP contribution in [0.1, 0.15) is 43.4 Å². The molecule has 0 fully saturated rings. The molecule has 0 saturated heterocycles. The van der Waals surface area contributed by atoms with Crippen LogP contribution in [0.15, 0.2) is 18.2 Å². The summed E-state index contributed by atoms with van der Waals surface area (Å²) in [7, 11) is 0. The second-order valence-electron chi connectivity index (χ2n) is 4.88. The summed E-state index contributed by atoms with van der Waals surface area (Å²) in [5.41, 5.74) is 4.10. The summed E-state index contributed by atoms with van der Waals surface area (Å²) < 4.78 is 0. The molecule has 1 aliphatic rings. The molecule has 0 N–H and O–H groups in total. The summed E-state index contributed by atoms with van der Waals surface area (Å²) >= 11 is 0. The van der Waals surface area contributed by atoms with Gasteiger partial charge in [-0.25, -0.2) is 0 Å². The zero-order chi connectivity index (χ0) is 11.0. The number of carbonyl (C=O) groups excluding carboxylic acids is 1. The van der Waals surface area contributed by atoms with E-state index in [1.165, 1.54) is 23.1 Å². The van der Waals surface area contributed by atoms with Crippen molar-refractivity contribution in [2.24, 2.45) is 5.92 Å². The molecule has 1 heteroatoms. The van der Waals surface area contributed by atoms with Gasteiger partial charge >= 0.3 is 0 Å². The van der Waals surface area contributed by atoms with Crippen LogP contribution in [-0.4, -0.2) is 5.78 Å². The SMILES string of the molecule is CC(=O)Cc1ccc2c(c1)C(C)C(C)C2. The molecule has 15 heavy (non-hydrogen) atoms. The van der Waals surface area contributed by atoms with E-state index >= 15 is 0 Å². The Hall–Kier alpha value is -1.11. The van der Waals surface area contributed by atoms with Crippen molar-refractivity contribution in [3.05, 3.63) is 34.9 Å². The topological polar surface area (TPSA) is 17.1 Å². The Bertz CT molecular complexity index is 392. The molecular weight excluding hydrogens is 184 g/mol. The van der Waals surface area contributed by atoms with E-state index in [-0.39, 0.29) is 5.78 Å². The third-order valence-corrected chi connectivity index (χ3v) is 3.55. The van der Waals surface area contributed by atoms with Crippen LogP contribution in [0.4, 0.5) is 0 Å². The fourth-order valence-corrected chi connectivity index (χ4v) is 2.48. The van der Waals surface area contributed by atoms with Crippen molar-refractivity contribution < 1.29 is 4.79 Å². The predicted molar refractivity (Wildman–Crippen MR) is 62.1 cm³/mol. The number of ketones is 1. The second-order valence-corrected chi connectivity index (χ2v) is 4.88. The summed E-state index contributed by atoms with van der Waals surface area (Å²) in [5.74, 6) is 1.63. The van der Waals surface area contributed by atoms with Gasteiger partial charge in [0.05, 0.1) is 0 Å². The molecule has 2 rings (SSSR count). The molecule has 1 aliphatic carbocycles. The molecular formula is C14H18O. The first-order chi connectivity index (χ1) is 7.08. The number of hydrogen-bond acceptors (Lipinski definition) is 1. The zero-order valence-electron chi connectivity index (χ0n) is 9.71. The fraction of sp³-hybridized carbons (Fsp3) is 0.500. The molecule has 1 aromatic rings. The molecule has 0 heterocycles. The highest BCUT2D eigenvalue weighted by molar-refractivity contribution is 5.78. The van der Waals surface area contributed by atoms with E-state index in [9.17, 15) is 4.79 Å². The van der Waals surface area contributed by atoms with Crippen LogP contribution in [-0.2, 0) is 17.6 Å². The molecule has 2 unspecified atom stereocenters. The van der Waals surface area contributed by atoms with Crippen molar-refractivity contribution in [1.82, 2.24) is 0 Å². The molecule has 1 aromatic carbocycles. The van der Waals surface area contributed by atoms with Crippen molar-refractivity contribution in [2.75, 3.05) is 0 Å². The number of fused-ring (bicyclic) bond motifs is 1. The molecule has 2 atom stereocenters. The third-order valence-electron chi connectivity index (χ3n) is 3.55. The first kappa shape index (κ1) is 10.4. The van der Waals surface area contributed by atoms with Crippen LogP contribution < -0.4 is 0 Å². The average Bonchev–Trinajstić information content (AvgIpc) is 2.43. The molecule has 1 nitrogen and oxygen atoms in total. The van der Waals surface area contributed by atoms with Crippen LogP contribution in [0.3, 0.4) is 0 Å².